The fourth-order valence-corrected chi connectivity index (χ4v) is 2.81. The molecule has 0 bridgehead atoms. The van der Waals surface area contributed by atoms with Crippen LogP contribution in [-0.2, 0) is 19.6 Å². The summed E-state index contributed by atoms with van der Waals surface area (Å²) in [6.07, 6.45) is -1.26. The van der Waals surface area contributed by atoms with Crippen molar-refractivity contribution < 1.29 is 23.1 Å². The van der Waals surface area contributed by atoms with E-state index in [0.717, 1.165) is 0 Å². The Morgan fingerprint density at radius 3 is 2.65 bits per heavy atom. The zero-order valence-corrected chi connectivity index (χ0v) is 11.8. The summed E-state index contributed by atoms with van der Waals surface area (Å²) in [5.41, 5.74) is 0.752. The number of nitriles is 1. The van der Waals surface area contributed by atoms with Crippen molar-refractivity contribution in [1.29, 1.82) is 5.26 Å². The Bertz CT molecular complexity index is 648. The van der Waals surface area contributed by atoms with Gasteiger partial charge in [0.05, 0.1) is 16.5 Å². The number of methoxy groups -OCH3 is 1. The first-order valence-electron chi connectivity index (χ1n) is 5.58. The van der Waals surface area contributed by atoms with Crippen LogP contribution in [-0.4, -0.2) is 39.3 Å². The Kier molecular flexibility index (Phi) is 5.21. The van der Waals surface area contributed by atoms with Crippen molar-refractivity contribution in [2.24, 2.45) is 0 Å². The first-order valence-corrected chi connectivity index (χ1v) is 7.06. The molecule has 0 heterocycles. The SMILES string of the molecule is COC(CNS(=O)(=O)c1ccc(C#N)cc1C)C(=O)O. The molecule has 0 saturated heterocycles. The molecule has 1 aromatic carbocycles. The van der Waals surface area contributed by atoms with Crippen molar-refractivity contribution in [3.05, 3.63) is 29.3 Å². The zero-order chi connectivity index (χ0) is 15.3. The smallest absolute Gasteiger partial charge is 0.334 e. The molecule has 1 aromatic rings. The average Bonchev–Trinajstić information content (AvgIpc) is 2.38. The van der Waals surface area contributed by atoms with Crippen molar-refractivity contribution >= 4 is 16.0 Å². The van der Waals surface area contributed by atoms with Crippen molar-refractivity contribution in [3.63, 3.8) is 0 Å². The molecule has 0 saturated carbocycles. The summed E-state index contributed by atoms with van der Waals surface area (Å²) in [5, 5.41) is 17.5. The summed E-state index contributed by atoms with van der Waals surface area (Å²) in [7, 11) is -2.68. The van der Waals surface area contributed by atoms with Gasteiger partial charge in [-0.25, -0.2) is 17.9 Å². The van der Waals surface area contributed by atoms with Crippen LogP contribution in [0.5, 0.6) is 0 Å². The Hall–Kier alpha value is -1.95. The average molecular weight is 298 g/mol. The van der Waals surface area contributed by atoms with Gasteiger partial charge in [0.15, 0.2) is 6.10 Å². The molecule has 2 N–H and O–H groups in total. The third kappa shape index (κ3) is 3.77. The molecule has 1 atom stereocenters. The number of benzene rings is 1. The first-order chi connectivity index (χ1) is 9.31. The van der Waals surface area contributed by atoms with Crippen molar-refractivity contribution in [2.45, 2.75) is 17.9 Å². The van der Waals surface area contributed by atoms with Crippen molar-refractivity contribution in [3.8, 4) is 6.07 Å². The number of nitrogens with one attached hydrogen (secondary N) is 1. The molecule has 20 heavy (non-hydrogen) atoms. The standard InChI is InChI=1S/C12H14N2O5S/c1-8-5-9(6-13)3-4-11(8)20(17,18)14-7-10(19-2)12(15)16/h3-5,10,14H,7H2,1-2H3,(H,15,16). The van der Waals surface area contributed by atoms with E-state index in [1.165, 1.54) is 25.3 Å². The molecule has 0 aliphatic rings. The lowest BCUT2D eigenvalue weighted by Crippen LogP contribution is -2.38. The van der Waals surface area contributed by atoms with Crippen LogP contribution < -0.4 is 4.72 Å². The number of hydrogen-bond donors (Lipinski definition) is 2. The lowest BCUT2D eigenvalue weighted by Gasteiger charge is -2.13. The molecule has 1 rings (SSSR count). The van der Waals surface area contributed by atoms with Gasteiger partial charge in [0.1, 0.15) is 0 Å². The molecule has 0 aliphatic carbocycles. The highest BCUT2D eigenvalue weighted by Crippen LogP contribution is 2.16. The van der Waals surface area contributed by atoms with Gasteiger partial charge in [0.2, 0.25) is 10.0 Å². The summed E-state index contributed by atoms with van der Waals surface area (Å²) >= 11 is 0. The highest BCUT2D eigenvalue weighted by Gasteiger charge is 2.22. The maximum Gasteiger partial charge on any atom is 0.334 e. The maximum atomic E-state index is 12.1. The summed E-state index contributed by atoms with van der Waals surface area (Å²) in [6, 6.07) is 6.04. The molecule has 0 aromatic heterocycles. The molecular formula is C12H14N2O5S. The second kappa shape index (κ2) is 6.47. The van der Waals surface area contributed by atoms with Gasteiger partial charge in [-0.1, -0.05) is 0 Å². The van der Waals surface area contributed by atoms with Gasteiger partial charge in [-0.05, 0) is 30.7 Å². The summed E-state index contributed by atoms with van der Waals surface area (Å²) < 4.78 is 30.9. The lowest BCUT2D eigenvalue weighted by atomic mass is 10.2. The van der Waals surface area contributed by atoms with E-state index in [1.54, 1.807) is 6.92 Å². The number of rotatable bonds is 6. The minimum absolute atomic E-state index is 0.00302. The molecule has 0 amide bonds. The van der Waals surface area contributed by atoms with Gasteiger partial charge in [-0.3, -0.25) is 0 Å². The Morgan fingerprint density at radius 2 is 2.20 bits per heavy atom. The lowest BCUT2D eigenvalue weighted by molar-refractivity contribution is -0.147. The van der Waals surface area contributed by atoms with Crippen LogP contribution in [0.2, 0.25) is 0 Å². The number of sulfonamides is 1. The number of aryl methyl sites for hydroxylation is 1. The van der Waals surface area contributed by atoms with Crippen LogP contribution in [0.3, 0.4) is 0 Å². The fourth-order valence-electron chi connectivity index (χ4n) is 1.56. The van der Waals surface area contributed by atoms with Gasteiger partial charge in [-0.2, -0.15) is 5.26 Å². The zero-order valence-electron chi connectivity index (χ0n) is 11.0. The topological polar surface area (TPSA) is 116 Å². The number of carbonyl (C=O) groups is 1. The highest BCUT2D eigenvalue weighted by atomic mass is 32.2. The molecule has 0 radical (unpaired) electrons. The van der Waals surface area contributed by atoms with Crippen LogP contribution in [0.15, 0.2) is 23.1 Å². The number of aliphatic carboxylic acids is 1. The van der Waals surface area contributed by atoms with E-state index < -0.39 is 22.1 Å². The molecule has 0 fully saturated rings. The second-order valence-electron chi connectivity index (χ2n) is 4.01. The van der Waals surface area contributed by atoms with Gasteiger partial charge < -0.3 is 9.84 Å². The van der Waals surface area contributed by atoms with E-state index in [4.69, 9.17) is 10.4 Å². The van der Waals surface area contributed by atoms with Crippen LogP contribution in [0.25, 0.3) is 0 Å². The molecular weight excluding hydrogens is 284 g/mol. The van der Waals surface area contributed by atoms with Gasteiger partial charge in [0, 0.05) is 13.7 Å². The minimum Gasteiger partial charge on any atom is -0.479 e. The van der Waals surface area contributed by atoms with Crippen molar-refractivity contribution in [2.75, 3.05) is 13.7 Å². The quantitative estimate of drug-likeness (QED) is 0.777. The molecule has 108 valence electrons. The van der Waals surface area contributed by atoms with Crippen LogP contribution in [0.4, 0.5) is 0 Å². The van der Waals surface area contributed by atoms with Gasteiger partial charge in [-0.15, -0.1) is 0 Å². The van der Waals surface area contributed by atoms with E-state index in [2.05, 4.69) is 9.46 Å². The number of ether oxygens (including phenoxy) is 1. The molecule has 0 spiro atoms. The largest absolute Gasteiger partial charge is 0.479 e. The molecule has 7 nitrogen and oxygen atoms in total. The van der Waals surface area contributed by atoms with E-state index in [0.29, 0.717) is 11.1 Å². The van der Waals surface area contributed by atoms with Gasteiger partial charge in [0.25, 0.3) is 0 Å². The third-order valence-corrected chi connectivity index (χ3v) is 4.20. The maximum absolute atomic E-state index is 12.1. The monoisotopic (exact) mass is 298 g/mol. The third-order valence-electron chi connectivity index (χ3n) is 2.61. The van der Waals surface area contributed by atoms with Gasteiger partial charge >= 0.3 is 5.97 Å². The first kappa shape index (κ1) is 16.1. The summed E-state index contributed by atoms with van der Waals surface area (Å²) in [5.74, 6) is -1.26. The summed E-state index contributed by atoms with van der Waals surface area (Å²) in [6.45, 7) is 1.17. The normalized spacial score (nSPS) is 12.7. The molecule has 8 heteroatoms. The predicted octanol–water partition coefficient (Wildman–Crippen LogP) is 0.245. The van der Waals surface area contributed by atoms with Crippen molar-refractivity contribution in [1.82, 2.24) is 4.72 Å². The van der Waals surface area contributed by atoms with E-state index in [1.807, 2.05) is 6.07 Å². The van der Waals surface area contributed by atoms with Crippen LogP contribution in [0, 0.1) is 18.3 Å². The number of hydrogen-bond acceptors (Lipinski definition) is 5. The van der Waals surface area contributed by atoms with E-state index in [-0.39, 0.29) is 11.4 Å². The Balaban J connectivity index is 2.95. The fraction of sp³-hybridized carbons (Fsp3) is 0.333. The predicted molar refractivity (Wildman–Crippen MR) is 69.5 cm³/mol. The molecule has 1 unspecified atom stereocenters. The Morgan fingerprint density at radius 1 is 1.55 bits per heavy atom. The molecule has 0 aliphatic heterocycles. The number of nitrogens with zero attached hydrogens (tertiary/aromatic N) is 1. The van der Waals surface area contributed by atoms with Crippen LogP contribution >= 0.6 is 0 Å². The minimum atomic E-state index is -3.86. The van der Waals surface area contributed by atoms with Crippen LogP contribution in [0.1, 0.15) is 11.1 Å². The number of carboxylic acids is 1. The second-order valence-corrected chi connectivity index (χ2v) is 5.74. The summed E-state index contributed by atoms with van der Waals surface area (Å²) in [4.78, 5) is 10.7. The van der Waals surface area contributed by atoms with E-state index in [9.17, 15) is 13.2 Å². The highest BCUT2D eigenvalue weighted by molar-refractivity contribution is 7.89. The number of carboxylic acid groups (broad SMARTS) is 1. The Labute approximate surface area is 116 Å². The van der Waals surface area contributed by atoms with E-state index >= 15 is 0 Å².